The standard InChI is InChI=1S/C18H15ClO5/c1-2-3-11-16(22)14-12(21)8-13(9-4-6-10(20)7-5-9)24-18(14)15(19)17(11)23/h2,4-7,13,20,22-23H,1,3,8H2. The molecule has 0 aromatic heterocycles. The molecule has 0 saturated carbocycles. The van der Waals surface area contributed by atoms with Crippen LogP contribution in [0.4, 0.5) is 0 Å². The Labute approximate surface area is 143 Å². The fraction of sp³-hybridized carbons (Fsp3) is 0.167. The predicted octanol–water partition coefficient (Wildman–Crippen LogP) is 3.89. The molecule has 0 aliphatic carbocycles. The highest BCUT2D eigenvalue weighted by Crippen LogP contribution is 2.50. The third kappa shape index (κ3) is 2.57. The minimum atomic E-state index is -0.618. The summed E-state index contributed by atoms with van der Waals surface area (Å²) in [5.41, 5.74) is 0.801. The molecule has 0 spiro atoms. The van der Waals surface area contributed by atoms with Gasteiger partial charge in [0.05, 0.1) is 6.42 Å². The lowest BCUT2D eigenvalue weighted by molar-refractivity contribution is 0.0844. The molecule has 24 heavy (non-hydrogen) atoms. The molecule has 0 fully saturated rings. The molecule has 6 heteroatoms. The summed E-state index contributed by atoms with van der Waals surface area (Å²) in [6.45, 7) is 3.56. The van der Waals surface area contributed by atoms with Gasteiger partial charge in [-0.15, -0.1) is 6.58 Å². The molecule has 3 N–H and O–H groups in total. The van der Waals surface area contributed by atoms with Crippen molar-refractivity contribution in [3.63, 3.8) is 0 Å². The Morgan fingerprint density at radius 3 is 2.50 bits per heavy atom. The topological polar surface area (TPSA) is 87.0 Å². The van der Waals surface area contributed by atoms with Crippen molar-refractivity contribution in [1.82, 2.24) is 0 Å². The van der Waals surface area contributed by atoms with E-state index in [2.05, 4.69) is 6.58 Å². The zero-order valence-corrected chi connectivity index (χ0v) is 13.4. The first-order valence-corrected chi connectivity index (χ1v) is 7.67. The molecule has 0 radical (unpaired) electrons. The van der Waals surface area contributed by atoms with Crippen LogP contribution in [0.15, 0.2) is 36.9 Å². The first-order valence-electron chi connectivity index (χ1n) is 7.30. The molecule has 1 aliphatic rings. The van der Waals surface area contributed by atoms with Crippen LogP contribution in [-0.2, 0) is 6.42 Å². The number of carbonyl (C=O) groups excluding carboxylic acids is 1. The highest BCUT2D eigenvalue weighted by atomic mass is 35.5. The monoisotopic (exact) mass is 346 g/mol. The summed E-state index contributed by atoms with van der Waals surface area (Å²) in [7, 11) is 0. The number of hydrogen-bond acceptors (Lipinski definition) is 5. The summed E-state index contributed by atoms with van der Waals surface area (Å²) in [6.07, 6.45) is 1.05. The number of allylic oxidation sites excluding steroid dienone is 1. The van der Waals surface area contributed by atoms with Gasteiger partial charge < -0.3 is 20.1 Å². The maximum atomic E-state index is 12.5. The summed E-state index contributed by atoms with van der Waals surface area (Å²) < 4.78 is 5.77. The zero-order valence-electron chi connectivity index (χ0n) is 12.6. The van der Waals surface area contributed by atoms with Gasteiger partial charge in [0.25, 0.3) is 0 Å². The van der Waals surface area contributed by atoms with Crippen LogP contribution >= 0.6 is 11.6 Å². The normalized spacial score (nSPS) is 16.4. The lowest BCUT2D eigenvalue weighted by Gasteiger charge is -2.28. The molecule has 3 rings (SSSR count). The summed E-state index contributed by atoms with van der Waals surface area (Å²) in [4.78, 5) is 12.5. The highest BCUT2D eigenvalue weighted by molar-refractivity contribution is 6.34. The van der Waals surface area contributed by atoms with Gasteiger partial charge in [0.1, 0.15) is 33.9 Å². The predicted molar refractivity (Wildman–Crippen MR) is 89.1 cm³/mol. The van der Waals surface area contributed by atoms with Crippen LogP contribution in [0, 0.1) is 0 Å². The Hall–Kier alpha value is -2.66. The molecule has 1 aliphatic heterocycles. The van der Waals surface area contributed by atoms with E-state index in [0.717, 1.165) is 0 Å². The fourth-order valence-corrected chi connectivity index (χ4v) is 3.01. The van der Waals surface area contributed by atoms with Crippen LogP contribution in [0.2, 0.25) is 5.02 Å². The maximum Gasteiger partial charge on any atom is 0.174 e. The second kappa shape index (κ2) is 6.09. The van der Waals surface area contributed by atoms with Gasteiger partial charge in [0.15, 0.2) is 11.5 Å². The van der Waals surface area contributed by atoms with E-state index < -0.39 is 6.10 Å². The second-order valence-corrected chi connectivity index (χ2v) is 5.89. The van der Waals surface area contributed by atoms with Crippen molar-refractivity contribution in [3.05, 3.63) is 58.6 Å². The van der Waals surface area contributed by atoms with Crippen molar-refractivity contribution < 1.29 is 24.9 Å². The number of carbonyl (C=O) groups is 1. The number of rotatable bonds is 3. The highest BCUT2D eigenvalue weighted by Gasteiger charge is 2.35. The molecule has 1 heterocycles. The fourth-order valence-electron chi connectivity index (χ4n) is 2.76. The van der Waals surface area contributed by atoms with E-state index in [4.69, 9.17) is 16.3 Å². The Morgan fingerprint density at radius 2 is 1.88 bits per heavy atom. The molecule has 2 aromatic carbocycles. The van der Waals surface area contributed by atoms with Gasteiger partial charge in [-0.3, -0.25) is 4.79 Å². The average molecular weight is 347 g/mol. The molecule has 0 amide bonds. The van der Waals surface area contributed by atoms with Gasteiger partial charge in [-0.05, 0) is 24.1 Å². The van der Waals surface area contributed by atoms with Crippen LogP contribution in [0.3, 0.4) is 0 Å². The lowest BCUT2D eigenvalue weighted by Crippen LogP contribution is -2.21. The summed E-state index contributed by atoms with van der Waals surface area (Å²) in [5.74, 6) is -0.926. The van der Waals surface area contributed by atoms with E-state index >= 15 is 0 Å². The number of ether oxygens (including phenoxy) is 1. The number of aromatic hydroxyl groups is 3. The van der Waals surface area contributed by atoms with E-state index in [1.807, 2.05) is 0 Å². The molecule has 0 bridgehead atoms. The average Bonchev–Trinajstić information content (AvgIpc) is 2.56. The Morgan fingerprint density at radius 1 is 1.21 bits per heavy atom. The number of benzene rings is 2. The van der Waals surface area contributed by atoms with Gasteiger partial charge >= 0.3 is 0 Å². The number of halogens is 1. The van der Waals surface area contributed by atoms with Gasteiger partial charge in [0.2, 0.25) is 0 Å². The third-order valence-corrected chi connectivity index (χ3v) is 4.32. The molecule has 5 nitrogen and oxygen atoms in total. The van der Waals surface area contributed by atoms with E-state index in [0.29, 0.717) is 5.56 Å². The number of Topliss-reactive ketones (excluding diaryl/α,β-unsaturated/α-hetero) is 1. The first kappa shape index (κ1) is 16.2. The van der Waals surface area contributed by atoms with Gasteiger partial charge in [-0.2, -0.15) is 0 Å². The number of phenols is 3. The Balaban J connectivity index is 2.09. The van der Waals surface area contributed by atoms with Crippen LogP contribution in [-0.4, -0.2) is 21.1 Å². The van der Waals surface area contributed by atoms with Crippen molar-refractivity contribution in [1.29, 1.82) is 0 Å². The largest absolute Gasteiger partial charge is 0.508 e. The summed E-state index contributed by atoms with van der Waals surface area (Å²) >= 11 is 6.15. The lowest BCUT2D eigenvalue weighted by atomic mass is 9.93. The summed E-state index contributed by atoms with van der Waals surface area (Å²) in [6, 6.07) is 6.25. The van der Waals surface area contributed by atoms with Crippen LogP contribution < -0.4 is 4.74 Å². The molecule has 2 aromatic rings. The minimum absolute atomic E-state index is 0.0139. The van der Waals surface area contributed by atoms with Crippen molar-refractivity contribution >= 4 is 17.4 Å². The smallest absolute Gasteiger partial charge is 0.174 e. The van der Waals surface area contributed by atoms with Crippen molar-refractivity contribution in [2.24, 2.45) is 0 Å². The molecular formula is C18H15ClO5. The molecule has 0 saturated heterocycles. The zero-order chi connectivity index (χ0) is 17.4. The van der Waals surface area contributed by atoms with E-state index in [-0.39, 0.29) is 57.8 Å². The Kier molecular flexibility index (Phi) is 4.11. The van der Waals surface area contributed by atoms with Gasteiger partial charge in [0, 0.05) is 5.56 Å². The number of phenolic OH excluding ortho intramolecular Hbond substituents is 3. The van der Waals surface area contributed by atoms with Gasteiger partial charge in [-0.1, -0.05) is 29.8 Å². The van der Waals surface area contributed by atoms with Crippen molar-refractivity contribution in [2.75, 3.05) is 0 Å². The van der Waals surface area contributed by atoms with Crippen LogP contribution in [0.25, 0.3) is 0 Å². The number of hydrogen-bond donors (Lipinski definition) is 3. The van der Waals surface area contributed by atoms with Crippen LogP contribution in [0.5, 0.6) is 23.0 Å². The van der Waals surface area contributed by atoms with Crippen molar-refractivity contribution in [2.45, 2.75) is 18.9 Å². The number of ketones is 1. The third-order valence-electron chi connectivity index (χ3n) is 3.97. The quantitative estimate of drug-likeness (QED) is 0.734. The van der Waals surface area contributed by atoms with Crippen molar-refractivity contribution in [3.8, 4) is 23.0 Å². The SMILES string of the molecule is C=CCc1c(O)c(Cl)c2c(c1O)C(=O)CC(c1ccc(O)cc1)O2. The number of fused-ring (bicyclic) bond motifs is 1. The summed E-state index contributed by atoms with van der Waals surface area (Å²) in [5, 5.41) is 29.8. The second-order valence-electron chi connectivity index (χ2n) is 5.51. The van der Waals surface area contributed by atoms with E-state index in [1.54, 1.807) is 12.1 Å². The van der Waals surface area contributed by atoms with Gasteiger partial charge in [-0.25, -0.2) is 0 Å². The van der Waals surface area contributed by atoms with E-state index in [9.17, 15) is 20.1 Å². The molecule has 1 unspecified atom stereocenters. The molecule has 124 valence electrons. The van der Waals surface area contributed by atoms with E-state index in [1.165, 1.54) is 18.2 Å². The minimum Gasteiger partial charge on any atom is -0.508 e. The molecular weight excluding hydrogens is 332 g/mol. The molecule has 1 atom stereocenters. The first-order chi connectivity index (χ1) is 11.4. The maximum absolute atomic E-state index is 12.5. The Bertz CT molecular complexity index is 827. The van der Waals surface area contributed by atoms with Crippen LogP contribution in [0.1, 0.15) is 34.0 Å².